The molecule has 3 nitrogen and oxygen atoms in total. The molecule has 1 aliphatic rings. The van der Waals surface area contributed by atoms with E-state index in [9.17, 15) is 0 Å². The average Bonchev–Trinajstić information content (AvgIpc) is 2.70. The van der Waals surface area contributed by atoms with Crippen LogP contribution in [0, 0.1) is 0 Å². The standard InChI is InChI=1S/C11H16N2O/c1-14-11-5-4-8(7-9(11)12)10-3-2-6-13-10/h4-5,7,10,13H,2-3,6,12H2,1H3. The molecule has 2 rings (SSSR count). The number of nitrogen functional groups attached to an aromatic ring is 1. The fraction of sp³-hybridized carbons (Fsp3) is 0.455. The van der Waals surface area contributed by atoms with E-state index in [1.807, 2.05) is 12.1 Å². The van der Waals surface area contributed by atoms with Gasteiger partial charge in [-0.15, -0.1) is 0 Å². The summed E-state index contributed by atoms with van der Waals surface area (Å²) in [7, 11) is 1.64. The van der Waals surface area contributed by atoms with Crippen LogP contribution in [-0.2, 0) is 0 Å². The fourth-order valence-corrected chi connectivity index (χ4v) is 1.94. The third kappa shape index (κ3) is 1.68. The van der Waals surface area contributed by atoms with E-state index in [4.69, 9.17) is 10.5 Å². The molecule has 0 spiro atoms. The highest BCUT2D eigenvalue weighted by atomic mass is 16.5. The van der Waals surface area contributed by atoms with E-state index in [2.05, 4.69) is 11.4 Å². The zero-order chi connectivity index (χ0) is 9.97. The molecule has 0 amide bonds. The van der Waals surface area contributed by atoms with Crippen molar-refractivity contribution in [2.45, 2.75) is 18.9 Å². The lowest BCUT2D eigenvalue weighted by Crippen LogP contribution is -2.13. The topological polar surface area (TPSA) is 47.3 Å². The summed E-state index contributed by atoms with van der Waals surface area (Å²) < 4.78 is 5.12. The highest BCUT2D eigenvalue weighted by Gasteiger charge is 2.16. The van der Waals surface area contributed by atoms with Crippen molar-refractivity contribution in [2.24, 2.45) is 0 Å². The highest BCUT2D eigenvalue weighted by Crippen LogP contribution is 2.28. The summed E-state index contributed by atoms with van der Waals surface area (Å²) in [4.78, 5) is 0. The second kappa shape index (κ2) is 3.88. The van der Waals surface area contributed by atoms with E-state index in [1.165, 1.54) is 18.4 Å². The highest BCUT2D eigenvalue weighted by molar-refractivity contribution is 5.54. The Morgan fingerprint density at radius 1 is 1.50 bits per heavy atom. The second-order valence-corrected chi connectivity index (χ2v) is 3.65. The van der Waals surface area contributed by atoms with Crippen molar-refractivity contribution in [3.8, 4) is 5.75 Å². The number of benzene rings is 1. The molecule has 0 bridgehead atoms. The maximum absolute atomic E-state index is 5.85. The van der Waals surface area contributed by atoms with Gasteiger partial charge in [0.15, 0.2) is 0 Å². The van der Waals surface area contributed by atoms with E-state index in [1.54, 1.807) is 7.11 Å². The Balaban J connectivity index is 2.23. The number of hydrogen-bond acceptors (Lipinski definition) is 3. The molecule has 1 saturated heterocycles. The number of hydrogen-bond donors (Lipinski definition) is 2. The molecular formula is C11H16N2O. The van der Waals surface area contributed by atoms with Crippen molar-refractivity contribution < 1.29 is 4.74 Å². The lowest BCUT2D eigenvalue weighted by atomic mass is 10.0. The smallest absolute Gasteiger partial charge is 0.141 e. The zero-order valence-electron chi connectivity index (χ0n) is 8.42. The minimum Gasteiger partial charge on any atom is -0.495 e. The average molecular weight is 192 g/mol. The molecule has 1 aromatic rings. The van der Waals surface area contributed by atoms with Gasteiger partial charge in [0, 0.05) is 6.04 Å². The normalized spacial score (nSPS) is 21.1. The maximum Gasteiger partial charge on any atom is 0.141 e. The number of ether oxygens (including phenoxy) is 1. The number of anilines is 1. The molecule has 0 aromatic heterocycles. The van der Waals surface area contributed by atoms with Gasteiger partial charge in [-0.25, -0.2) is 0 Å². The van der Waals surface area contributed by atoms with E-state index < -0.39 is 0 Å². The van der Waals surface area contributed by atoms with Crippen molar-refractivity contribution in [1.29, 1.82) is 0 Å². The van der Waals surface area contributed by atoms with E-state index in [0.717, 1.165) is 18.0 Å². The van der Waals surface area contributed by atoms with Crippen molar-refractivity contribution in [1.82, 2.24) is 5.32 Å². The molecule has 1 aliphatic heterocycles. The Bertz CT molecular complexity index is 319. The Morgan fingerprint density at radius 2 is 2.36 bits per heavy atom. The van der Waals surface area contributed by atoms with Gasteiger partial charge >= 0.3 is 0 Å². The SMILES string of the molecule is COc1ccc(C2CCCN2)cc1N. The maximum atomic E-state index is 5.85. The molecule has 0 saturated carbocycles. The van der Waals surface area contributed by atoms with Gasteiger partial charge in [0.25, 0.3) is 0 Å². The van der Waals surface area contributed by atoms with Crippen molar-refractivity contribution in [2.75, 3.05) is 19.4 Å². The third-order valence-electron chi connectivity index (χ3n) is 2.72. The molecule has 0 radical (unpaired) electrons. The first-order valence-corrected chi connectivity index (χ1v) is 4.98. The fourth-order valence-electron chi connectivity index (χ4n) is 1.94. The monoisotopic (exact) mass is 192 g/mol. The number of rotatable bonds is 2. The van der Waals surface area contributed by atoms with Crippen LogP contribution >= 0.6 is 0 Å². The van der Waals surface area contributed by atoms with Crippen LogP contribution in [-0.4, -0.2) is 13.7 Å². The summed E-state index contributed by atoms with van der Waals surface area (Å²) in [5.41, 5.74) is 7.83. The minimum absolute atomic E-state index is 0.475. The van der Waals surface area contributed by atoms with Crippen LogP contribution in [0.4, 0.5) is 5.69 Å². The molecule has 3 N–H and O–H groups in total. The summed E-state index contributed by atoms with van der Waals surface area (Å²) in [6.45, 7) is 1.11. The molecule has 1 unspecified atom stereocenters. The van der Waals surface area contributed by atoms with Gasteiger partial charge in [-0.05, 0) is 37.1 Å². The first kappa shape index (κ1) is 9.34. The van der Waals surface area contributed by atoms with Crippen LogP contribution in [0.3, 0.4) is 0 Å². The van der Waals surface area contributed by atoms with Gasteiger partial charge in [0.05, 0.1) is 12.8 Å². The van der Waals surface area contributed by atoms with Crippen LogP contribution in [0.15, 0.2) is 18.2 Å². The van der Waals surface area contributed by atoms with Crippen LogP contribution in [0.2, 0.25) is 0 Å². The second-order valence-electron chi connectivity index (χ2n) is 3.65. The largest absolute Gasteiger partial charge is 0.495 e. The molecule has 3 heteroatoms. The van der Waals surface area contributed by atoms with E-state index >= 15 is 0 Å². The quantitative estimate of drug-likeness (QED) is 0.701. The molecule has 1 aromatic carbocycles. The summed E-state index contributed by atoms with van der Waals surface area (Å²) in [6, 6.07) is 6.49. The summed E-state index contributed by atoms with van der Waals surface area (Å²) in [6.07, 6.45) is 2.45. The predicted octanol–water partition coefficient (Wildman–Crippen LogP) is 1.70. The van der Waals surface area contributed by atoms with Crippen LogP contribution < -0.4 is 15.8 Å². The van der Waals surface area contributed by atoms with Crippen LogP contribution in [0.1, 0.15) is 24.4 Å². The number of nitrogens with one attached hydrogen (secondary N) is 1. The predicted molar refractivity (Wildman–Crippen MR) is 57.4 cm³/mol. The lowest BCUT2D eigenvalue weighted by molar-refractivity contribution is 0.416. The zero-order valence-corrected chi connectivity index (χ0v) is 8.42. The lowest BCUT2D eigenvalue weighted by Gasteiger charge is -2.12. The Morgan fingerprint density at radius 3 is 2.93 bits per heavy atom. The Labute approximate surface area is 84.3 Å². The molecule has 0 aliphatic carbocycles. The summed E-state index contributed by atoms with van der Waals surface area (Å²) in [5, 5.41) is 3.44. The molecule has 1 atom stereocenters. The molecular weight excluding hydrogens is 176 g/mol. The van der Waals surface area contributed by atoms with Crippen molar-refractivity contribution in [3.63, 3.8) is 0 Å². The minimum atomic E-state index is 0.475. The van der Waals surface area contributed by atoms with Crippen LogP contribution in [0.25, 0.3) is 0 Å². The van der Waals surface area contributed by atoms with Crippen molar-refractivity contribution >= 4 is 5.69 Å². The van der Waals surface area contributed by atoms with Gasteiger partial charge in [-0.1, -0.05) is 6.07 Å². The molecule has 1 fully saturated rings. The first-order valence-electron chi connectivity index (χ1n) is 4.98. The molecule has 14 heavy (non-hydrogen) atoms. The van der Waals surface area contributed by atoms with E-state index in [-0.39, 0.29) is 0 Å². The summed E-state index contributed by atoms with van der Waals surface area (Å²) in [5.74, 6) is 0.756. The van der Waals surface area contributed by atoms with Gasteiger partial charge < -0.3 is 15.8 Å². The third-order valence-corrected chi connectivity index (χ3v) is 2.72. The summed E-state index contributed by atoms with van der Waals surface area (Å²) >= 11 is 0. The molecule has 1 heterocycles. The van der Waals surface area contributed by atoms with Gasteiger partial charge in [-0.2, -0.15) is 0 Å². The van der Waals surface area contributed by atoms with Gasteiger partial charge in [-0.3, -0.25) is 0 Å². The Hall–Kier alpha value is -1.22. The van der Waals surface area contributed by atoms with Crippen LogP contribution in [0.5, 0.6) is 5.75 Å². The van der Waals surface area contributed by atoms with Crippen molar-refractivity contribution in [3.05, 3.63) is 23.8 Å². The molecule has 76 valence electrons. The van der Waals surface area contributed by atoms with E-state index in [0.29, 0.717) is 6.04 Å². The number of methoxy groups -OCH3 is 1. The number of nitrogens with two attached hydrogens (primary N) is 1. The van der Waals surface area contributed by atoms with Gasteiger partial charge in [0.1, 0.15) is 5.75 Å². The van der Waals surface area contributed by atoms with Gasteiger partial charge in [0.2, 0.25) is 0 Å². The Kier molecular flexibility index (Phi) is 2.59. The first-order chi connectivity index (χ1) is 6.81.